The van der Waals surface area contributed by atoms with Crippen molar-refractivity contribution in [2.24, 2.45) is 0 Å². The third kappa shape index (κ3) is 3.82. The first-order valence-electron chi connectivity index (χ1n) is 2.38. The minimum absolute atomic E-state index is 0.469. The van der Waals surface area contributed by atoms with Gasteiger partial charge in [0.25, 0.3) is 6.01 Å². The lowest BCUT2D eigenvalue weighted by molar-refractivity contribution is 0.0787. The fraction of sp³-hybridized carbons (Fsp3) is 0.400. The van der Waals surface area contributed by atoms with E-state index in [1.165, 1.54) is 0 Å². The summed E-state index contributed by atoms with van der Waals surface area (Å²) in [6, 6.07) is -1.30. The maximum absolute atomic E-state index is 11.9. The van der Waals surface area contributed by atoms with Crippen molar-refractivity contribution in [3.05, 3.63) is 12.1 Å². The molecule has 0 unspecified atom stereocenters. The van der Waals surface area contributed by atoms with Crippen LogP contribution in [0.25, 0.3) is 0 Å². The predicted molar refractivity (Wildman–Crippen MR) is 28.7 cm³/mol. The number of methoxy groups -OCH3 is 1. The summed E-state index contributed by atoms with van der Waals surface area (Å²) in [5.41, 5.74) is 0. The van der Waals surface area contributed by atoms with Crippen LogP contribution in [0.3, 0.4) is 0 Å². The molecule has 58 valence electrons. The number of hydrogen-bond donors (Lipinski definition) is 0. The molecule has 0 fully saturated rings. The molecular formula is C5H6F2O3. The van der Waals surface area contributed by atoms with E-state index in [9.17, 15) is 13.6 Å². The van der Waals surface area contributed by atoms with Crippen LogP contribution in [0.5, 0.6) is 0 Å². The largest absolute Gasteiger partial charge is 0.515 e. The van der Waals surface area contributed by atoms with Crippen molar-refractivity contribution in [1.29, 1.82) is 0 Å². The fourth-order valence-corrected chi connectivity index (χ4v) is 0.224. The van der Waals surface area contributed by atoms with E-state index in [1.54, 1.807) is 0 Å². The Kier molecular flexibility index (Phi) is 4.19. The first kappa shape index (κ1) is 8.87. The number of ether oxygens (including phenoxy) is 2. The summed E-state index contributed by atoms with van der Waals surface area (Å²) < 4.78 is 30.8. The van der Waals surface area contributed by atoms with Crippen LogP contribution in [0, 0.1) is 0 Å². The van der Waals surface area contributed by atoms with Crippen molar-refractivity contribution in [2.75, 3.05) is 13.8 Å². The highest BCUT2D eigenvalue weighted by molar-refractivity contribution is 5.60. The third-order valence-electron chi connectivity index (χ3n) is 0.585. The van der Waals surface area contributed by atoms with Crippen LogP contribution in [0.1, 0.15) is 0 Å². The molecule has 0 amide bonds. The second-order valence-corrected chi connectivity index (χ2v) is 1.22. The van der Waals surface area contributed by atoms with E-state index >= 15 is 0 Å². The Morgan fingerprint density at radius 2 is 2.30 bits per heavy atom. The summed E-state index contributed by atoms with van der Waals surface area (Å²) in [4.78, 5) is 10.0. The Bertz CT molecular complexity index is 144. The molecule has 0 aromatic heterocycles. The number of alkyl halides is 1. The molecule has 0 N–H and O–H groups in total. The van der Waals surface area contributed by atoms with Gasteiger partial charge in [-0.2, -0.15) is 4.39 Å². The van der Waals surface area contributed by atoms with Gasteiger partial charge in [0.2, 0.25) is 0 Å². The Balaban J connectivity index is 3.67. The lowest BCUT2D eigenvalue weighted by atomic mass is 10.7. The summed E-state index contributed by atoms with van der Waals surface area (Å²) in [5.74, 6) is 0. The number of hydrogen-bond acceptors (Lipinski definition) is 3. The van der Waals surface area contributed by atoms with Gasteiger partial charge in [-0.25, -0.2) is 9.18 Å². The SMILES string of the molecule is COC(=O)O/C(F)=C\CF. The van der Waals surface area contributed by atoms with Gasteiger partial charge < -0.3 is 9.47 Å². The van der Waals surface area contributed by atoms with E-state index in [0.29, 0.717) is 6.08 Å². The predicted octanol–water partition coefficient (Wildman–Crippen LogP) is 1.55. The molecular weight excluding hydrogens is 146 g/mol. The number of carbonyl (C=O) groups excluding carboxylic acids is 1. The summed E-state index contributed by atoms with van der Waals surface area (Å²) in [6.45, 7) is -1.02. The van der Waals surface area contributed by atoms with Gasteiger partial charge in [-0.3, -0.25) is 0 Å². The normalized spacial score (nSPS) is 10.9. The quantitative estimate of drug-likeness (QED) is 0.444. The van der Waals surface area contributed by atoms with E-state index in [4.69, 9.17) is 0 Å². The fourth-order valence-electron chi connectivity index (χ4n) is 0.224. The van der Waals surface area contributed by atoms with Crippen molar-refractivity contribution >= 4 is 6.16 Å². The Morgan fingerprint density at radius 3 is 2.70 bits per heavy atom. The second kappa shape index (κ2) is 4.72. The summed E-state index contributed by atoms with van der Waals surface area (Å²) >= 11 is 0. The van der Waals surface area contributed by atoms with Gasteiger partial charge in [-0.15, -0.1) is 0 Å². The van der Waals surface area contributed by atoms with Crippen molar-refractivity contribution < 1.29 is 23.0 Å². The molecule has 0 heterocycles. The first-order chi connectivity index (χ1) is 4.70. The van der Waals surface area contributed by atoms with Crippen LogP contribution in [0.2, 0.25) is 0 Å². The van der Waals surface area contributed by atoms with Gasteiger partial charge in [0.15, 0.2) is 0 Å². The van der Waals surface area contributed by atoms with Gasteiger partial charge in [0, 0.05) is 6.08 Å². The van der Waals surface area contributed by atoms with Crippen molar-refractivity contribution in [3.63, 3.8) is 0 Å². The molecule has 5 heteroatoms. The Hall–Kier alpha value is -1.13. The molecule has 0 atom stereocenters. The minimum atomic E-state index is -1.30. The number of rotatable bonds is 2. The molecule has 0 rings (SSSR count). The van der Waals surface area contributed by atoms with Crippen molar-refractivity contribution in [2.45, 2.75) is 0 Å². The van der Waals surface area contributed by atoms with E-state index in [1.807, 2.05) is 0 Å². The van der Waals surface area contributed by atoms with Gasteiger partial charge in [0.1, 0.15) is 6.67 Å². The summed E-state index contributed by atoms with van der Waals surface area (Å²) in [6.07, 6.45) is -0.737. The van der Waals surface area contributed by atoms with Crippen molar-refractivity contribution in [1.82, 2.24) is 0 Å². The molecule has 0 saturated heterocycles. The molecule has 0 radical (unpaired) electrons. The Morgan fingerprint density at radius 1 is 1.70 bits per heavy atom. The second-order valence-electron chi connectivity index (χ2n) is 1.22. The highest BCUT2D eigenvalue weighted by Gasteiger charge is 2.03. The summed E-state index contributed by atoms with van der Waals surface area (Å²) in [7, 11) is 1.02. The standard InChI is InChI=1S/C5H6F2O3/c1-9-5(8)10-4(7)2-3-6/h2H,3H2,1H3/b4-2-. The molecule has 0 aliphatic rings. The zero-order valence-corrected chi connectivity index (χ0v) is 5.27. The van der Waals surface area contributed by atoms with Crippen LogP contribution in [0.15, 0.2) is 12.1 Å². The van der Waals surface area contributed by atoms with Crippen molar-refractivity contribution in [3.8, 4) is 0 Å². The molecule has 0 aliphatic heterocycles. The van der Waals surface area contributed by atoms with Gasteiger partial charge in [-0.05, 0) is 0 Å². The highest BCUT2D eigenvalue weighted by Crippen LogP contribution is 1.99. The molecule has 0 aromatic carbocycles. The van der Waals surface area contributed by atoms with Crippen LogP contribution in [-0.2, 0) is 9.47 Å². The monoisotopic (exact) mass is 152 g/mol. The first-order valence-corrected chi connectivity index (χ1v) is 2.38. The van der Waals surface area contributed by atoms with Gasteiger partial charge in [0.05, 0.1) is 7.11 Å². The molecule has 3 nitrogen and oxygen atoms in total. The van der Waals surface area contributed by atoms with Gasteiger partial charge >= 0.3 is 6.16 Å². The zero-order valence-electron chi connectivity index (χ0n) is 5.27. The molecule has 0 spiro atoms. The highest BCUT2D eigenvalue weighted by atomic mass is 19.1. The van der Waals surface area contributed by atoms with E-state index in [2.05, 4.69) is 9.47 Å². The minimum Gasteiger partial charge on any atom is -0.437 e. The lowest BCUT2D eigenvalue weighted by Gasteiger charge is -1.96. The smallest absolute Gasteiger partial charge is 0.437 e. The zero-order chi connectivity index (χ0) is 7.98. The van der Waals surface area contributed by atoms with Gasteiger partial charge in [-0.1, -0.05) is 0 Å². The number of allylic oxidation sites excluding steroid dienone is 1. The molecule has 0 bridgehead atoms. The average Bonchev–Trinajstić information content (AvgIpc) is 1.88. The maximum atomic E-state index is 11.9. The van der Waals surface area contributed by atoms with E-state index < -0.39 is 18.8 Å². The van der Waals surface area contributed by atoms with Crippen LogP contribution < -0.4 is 0 Å². The third-order valence-corrected chi connectivity index (χ3v) is 0.585. The van der Waals surface area contributed by atoms with Crippen LogP contribution in [-0.4, -0.2) is 19.9 Å². The van der Waals surface area contributed by atoms with Crippen LogP contribution in [0.4, 0.5) is 13.6 Å². The molecule has 10 heavy (non-hydrogen) atoms. The molecule has 0 aromatic rings. The average molecular weight is 152 g/mol. The topological polar surface area (TPSA) is 35.5 Å². The molecule has 0 saturated carbocycles. The van der Waals surface area contributed by atoms with E-state index in [0.717, 1.165) is 7.11 Å². The van der Waals surface area contributed by atoms with E-state index in [-0.39, 0.29) is 0 Å². The Labute approximate surface area is 56.2 Å². The number of halogens is 2. The molecule has 0 aliphatic carbocycles. The number of carbonyl (C=O) groups is 1. The lowest BCUT2D eigenvalue weighted by Crippen LogP contribution is -2.01. The maximum Gasteiger partial charge on any atom is 0.515 e. The summed E-state index contributed by atoms with van der Waals surface area (Å²) in [5, 5.41) is 0. The van der Waals surface area contributed by atoms with Crippen LogP contribution >= 0.6 is 0 Å².